The van der Waals surface area contributed by atoms with Gasteiger partial charge in [0.15, 0.2) is 6.73 Å². The molecule has 5 N–H and O–H groups in total. The smallest absolute Gasteiger partial charge is 0.365 e. The van der Waals surface area contributed by atoms with Gasteiger partial charge in [0.25, 0.3) is 11.8 Å². The second-order valence-electron chi connectivity index (χ2n) is 8.41. The van der Waals surface area contributed by atoms with Crippen LogP contribution in [0.25, 0.3) is 0 Å². The first kappa shape index (κ1) is 23.6. The summed E-state index contributed by atoms with van der Waals surface area (Å²) < 4.78 is 22.6. The largest absolute Gasteiger partial charge is 0.471 e. The van der Waals surface area contributed by atoms with Gasteiger partial charge in [0.2, 0.25) is 0 Å². The number of thiophene rings is 1. The van der Waals surface area contributed by atoms with Crippen LogP contribution in [-0.2, 0) is 32.6 Å². The van der Waals surface area contributed by atoms with Gasteiger partial charge >= 0.3 is 7.82 Å². The third kappa shape index (κ3) is 4.89. The van der Waals surface area contributed by atoms with E-state index in [4.69, 9.17) is 20.3 Å². The second kappa shape index (κ2) is 7.80. The number of phosphoric acid groups is 1. The molecule has 11 nitrogen and oxygen atoms in total. The second-order valence-corrected chi connectivity index (χ2v) is 10.7. The molecule has 31 heavy (non-hydrogen) atoms. The third-order valence-electron chi connectivity index (χ3n) is 4.75. The maximum absolute atomic E-state index is 13.0. The van der Waals surface area contributed by atoms with Crippen LogP contribution in [0.5, 0.6) is 0 Å². The first-order chi connectivity index (χ1) is 14.1. The van der Waals surface area contributed by atoms with Crippen LogP contribution in [0.2, 0.25) is 0 Å². The van der Waals surface area contributed by atoms with Crippen molar-refractivity contribution in [2.24, 2.45) is 5.73 Å². The molecule has 0 saturated carbocycles. The number of anilines is 1. The summed E-state index contributed by atoms with van der Waals surface area (Å²) in [4.78, 5) is 44.0. The maximum Gasteiger partial charge on any atom is 0.471 e. The van der Waals surface area contributed by atoms with E-state index < -0.39 is 37.6 Å². The van der Waals surface area contributed by atoms with Crippen molar-refractivity contribution >= 4 is 36.0 Å². The van der Waals surface area contributed by atoms with E-state index in [-0.39, 0.29) is 16.3 Å². The Morgan fingerprint density at radius 2 is 2.03 bits per heavy atom. The fourth-order valence-corrected chi connectivity index (χ4v) is 5.35. The summed E-state index contributed by atoms with van der Waals surface area (Å²) in [6, 6.07) is 0. The minimum Gasteiger partial charge on any atom is -0.365 e. The van der Waals surface area contributed by atoms with Crippen molar-refractivity contribution in [1.29, 1.82) is 0 Å². The summed E-state index contributed by atoms with van der Waals surface area (Å²) in [5, 5.41) is 6.91. The average Bonchev–Trinajstić information content (AvgIpc) is 3.11. The lowest BCUT2D eigenvalue weighted by Gasteiger charge is -2.41. The van der Waals surface area contributed by atoms with Crippen molar-refractivity contribution in [3.05, 3.63) is 33.5 Å². The van der Waals surface area contributed by atoms with E-state index in [1.165, 1.54) is 17.5 Å². The molecule has 0 fully saturated rings. The molecule has 3 heterocycles. The van der Waals surface area contributed by atoms with Crippen molar-refractivity contribution in [3.8, 4) is 0 Å². The Balaban J connectivity index is 1.99. The number of hydrogen-bond acceptors (Lipinski definition) is 7. The zero-order valence-corrected chi connectivity index (χ0v) is 19.5. The number of carbonyl (C=O) groups is 2. The fourth-order valence-electron chi connectivity index (χ4n) is 3.83. The zero-order valence-electron chi connectivity index (χ0n) is 17.8. The standard InChI is InChI=1S/C18H25N4O7PS/c1-9-7-20-22(8-28-30(25,26)27)12(9)15(24)21-16-11(14(19)23)10-6-17(2,3)29-18(4,5)13(10)31-16/h7H,6,8H2,1-5H3,(H2,19,23)(H,21,24)(H2,25,26,27). The minimum atomic E-state index is -4.76. The number of aromatic nitrogens is 2. The predicted molar refractivity (Wildman–Crippen MR) is 113 cm³/mol. The van der Waals surface area contributed by atoms with Gasteiger partial charge in [0.05, 0.1) is 23.0 Å². The first-order valence-corrected chi connectivity index (χ1v) is 11.7. The van der Waals surface area contributed by atoms with Gasteiger partial charge in [-0.25, -0.2) is 9.25 Å². The molecule has 0 spiro atoms. The Morgan fingerprint density at radius 1 is 1.39 bits per heavy atom. The minimum absolute atomic E-state index is 0.0334. The van der Waals surface area contributed by atoms with Crippen molar-refractivity contribution in [3.63, 3.8) is 0 Å². The third-order valence-corrected chi connectivity index (χ3v) is 6.65. The van der Waals surface area contributed by atoms with Crippen LogP contribution in [0.3, 0.4) is 0 Å². The van der Waals surface area contributed by atoms with Gasteiger partial charge in [-0.2, -0.15) is 5.10 Å². The molecule has 13 heteroatoms. The Kier molecular flexibility index (Phi) is 5.94. The summed E-state index contributed by atoms with van der Waals surface area (Å²) in [6.07, 6.45) is 1.81. The van der Waals surface area contributed by atoms with E-state index in [1.54, 1.807) is 6.92 Å². The first-order valence-electron chi connectivity index (χ1n) is 9.31. The molecule has 0 atom stereocenters. The van der Waals surface area contributed by atoms with Crippen molar-refractivity contribution in [1.82, 2.24) is 9.78 Å². The molecule has 0 aliphatic carbocycles. The summed E-state index contributed by atoms with van der Waals surface area (Å²) in [6.45, 7) is 8.60. The number of carbonyl (C=O) groups excluding carboxylic acids is 2. The Bertz CT molecular complexity index is 1100. The molecular weight excluding hydrogens is 447 g/mol. The highest BCUT2D eigenvalue weighted by molar-refractivity contribution is 7.46. The van der Waals surface area contributed by atoms with Crippen LogP contribution >= 0.6 is 19.2 Å². The van der Waals surface area contributed by atoms with E-state index in [0.29, 0.717) is 12.0 Å². The van der Waals surface area contributed by atoms with E-state index in [9.17, 15) is 14.2 Å². The lowest BCUT2D eigenvalue weighted by Crippen LogP contribution is -2.42. The molecule has 0 unspecified atom stereocenters. The number of nitrogens with one attached hydrogen (secondary N) is 1. The predicted octanol–water partition coefficient (Wildman–Crippen LogP) is 2.26. The van der Waals surface area contributed by atoms with Crippen LogP contribution in [0.15, 0.2) is 6.20 Å². The van der Waals surface area contributed by atoms with Crippen LogP contribution < -0.4 is 11.1 Å². The molecule has 0 radical (unpaired) electrons. The molecule has 1 aliphatic rings. The molecule has 0 bridgehead atoms. The highest BCUT2D eigenvalue weighted by Gasteiger charge is 2.43. The normalized spacial score (nSPS) is 17.3. The van der Waals surface area contributed by atoms with Crippen LogP contribution in [0, 0.1) is 6.92 Å². The van der Waals surface area contributed by atoms with Crippen LogP contribution in [0.1, 0.15) is 64.5 Å². The summed E-state index contributed by atoms with van der Waals surface area (Å²) in [5.74, 6) is -1.29. The van der Waals surface area contributed by atoms with E-state index in [2.05, 4.69) is 14.9 Å². The number of nitrogens with two attached hydrogens (primary N) is 1. The number of fused-ring (bicyclic) bond motifs is 1. The van der Waals surface area contributed by atoms with Gasteiger partial charge in [-0.05, 0) is 40.2 Å². The van der Waals surface area contributed by atoms with Gasteiger partial charge in [0.1, 0.15) is 10.7 Å². The molecule has 0 aromatic carbocycles. The molecule has 0 saturated heterocycles. The summed E-state index contributed by atoms with van der Waals surface area (Å²) in [7, 11) is -4.76. The summed E-state index contributed by atoms with van der Waals surface area (Å²) in [5.41, 5.74) is 5.90. The molecule has 2 amide bonds. The number of phosphoric ester groups is 1. The number of primary amides is 1. The highest BCUT2D eigenvalue weighted by Crippen LogP contribution is 2.48. The Hall–Kier alpha value is -2.08. The van der Waals surface area contributed by atoms with E-state index in [1.807, 2.05) is 27.7 Å². The van der Waals surface area contributed by atoms with Crippen molar-refractivity contribution in [2.75, 3.05) is 5.32 Å². The fraction of sp³-hybridized carbons (Fsp3) is 0.500. The number of amides is 2. The van der Waals surface area contributed by atoms with Crippen molar-refractivity contribution < 1.29 is 33.2 Å². The molecule has 170 valence electrons. The van der Waals surface area contributed by atoms with Gasteiger partial charge in [0, 0.05) is 16.9 Å². The number of ether oxygens (including phenoxy) is 1. The maximum atomic E-state index is 13.0. The Morgan fingerprint density at radius 3 is 2.61 bits per heavy atom. The molecular formula is C18H25N4O7PS. The quantitative estimate of drug-likeness (QED) is 0.465. The molecule has 2 aromatic rings. The van der Waals surface area contributed by atoms with Crippen LogP contribution in [-0.4, -0.2) is 37.0 Å². The van der Waals surface area contributed by atoms with Gasteiger partial charge in [-0.1, -0.05) is 0 Å². The van der Waals surface area contributed by atoms with Gasteiger partial charge < -0.3 is 25.6 Å². The highest BCUT2D eigenvalue weighted by atomic mass is 32.1. The van der Waals surface area contributed by atoms with Gasteiger partial charge in [-0.15, -0.1) is 11.3 Å². The molecule has 2 aromatic heterocycles. The molecule has 3 rings (SSSR count). The zero-order chi connectivity index (χ0) is 23.4. The van der Waals surface area contributed by atoms with E-state index >= 15 is 0 Å². The van der Waals surface area contributed by atoms with Crippen molar-refractivity contribution in [2.45, 2.75) is 59.0 Å². The van der Waals surface area contributed by atoms with E-state index in [0.717, 1.165) is 15.1 Å². The van der Waals surface area contributed by atoms with Crippen LogP contribution in [0.4, 0.5) is 5.00 Å². The Labute approximate surface area is 182 Å². The number of hydrogen-bond donors (Lipinski definition) is 4. The average molecular weight is 472 g/mol. The lowest BCUT2D eigenvalue weighted by molar-refractivity contribution is -0.135. The molecule has 1 aliphatic heterocycles. The summed E-state index contributed by atoms with van der Waals surface area (Å²) >= 11 is 1.21. The van der Waals surface area contributed by atoms with Gasteiger partial charge in [-0.3, -0.25) is 14.1 Å². The number of aryl methyl sites for hydroxylation is 1. The SMILES string of the molecule is Cc1cnn(COP(=O)(O)O)c1C(=O)Nc1sc2c(c1C(N)=O)CC(C)(C)OC2(C)C. The number of rotatable bonds is 6. The topological polar surface area (TPSA) is 166 Å². The number of nitrogens with zero attached hydrogens (tertiary/aromatic N) is 2. The monoisotopic (exact) mass is 472 g/mol. The lowest BCUT2D eigenvalue weighted by atomic mass is 9.86.